The third kappa shape index (κ3) is 5.06. The SMILES string of the molecule is Cc1ccc(-c2nnc([C@@H](C)N3CCN(CC(=O)Nc4c(C)cccc4C)CC3)o2)cc1. The first-order chi connectivity index (χ1) is 15.4. The van der Waals surface area contributed by atoms with Crippen LogP contribution in [0, 0.1) is 20.8 Å². The fraction of sp³-hybridized carbons (Fsp3) is 0.400. The third-order valence-electron chi connectivity index (χ3n) is 6.16. The molecule has 0 bridgehead atoms. The Morgan fingerprint density at radius 1 is 1.00 bits per heavy atom. The van der Waals surface area contributed by atoms with Gasteiger partial charge in [0.15, 0.2) is 0 Å². The maximum Gasteiger partial charge on any atom is 0.247 e. The molecular weight excluding hydrogens is 402 g/mol. The van der Waals surface area contributed by atoms with Crippen molar-refractivity contribution in [2.75, 3.05) is 38.0 Å². The molecule has 4 rings (SSSR count). The van der Waals surface area contributed by atoms with Gasteiger partial charge in [-0.1, -0.05) is 35.9 Å². The fourth-order valence-corrected chi connectivity index (χ4v) is 4.07. The number of aryl methyl sites for hydroxylation is 3. The molecule has 1 amide bonds. The summed E-state index contributed by atoms with van der Waals surface area (Å²) in [7, 11) is 0. The quantitative estimate of drug-likeness (QED) is 0.634. The van der Waals surface area contributed by atoms with E-state index in [1.165, 1.54) is 5.56 Å². The van der Waals surface area contributed by atoms with Gasteiger partial charge in [-0.3, -0.25) is 14.6 Å². The second-order valence-electron chi connectivity index (χ2n) is 8.61. The van der Waals surface area contributed by atoms with Crippen molar-refractivity contribution in [3.05, 3.63) is 65.0 Å². The molecule has 7 heteroatoms. The summed E-state index contributed by atoms with van der Waals surface area (Å²) >= 11 is 0. The number of anilines is 1. The van der Waals surface area contributed by atoms with Crippen LogP contribution in [0.3, 0.4) is 0 Å². The predicted octanol–water partition coefficient (Wildman–Crippen LogP) is 3.98. The Hall–Kier alpha value is -3.03. The van der Waals surface area contributed by atoms with E-state index < -0.39 is 0 Å². The monoisotopic (exact) mass is 433 g/mol. The van der Waals surface area contributed by atoms with Crippen LogP contribution in [-0.4, -0.2) is 58.6 Å². The number of carbonyl (C=O) groups excluding carboxylic acids is 1. The average Bonchev–Trinajstić information content (AvgIpc) is 3.27. The lowest BCUT2D eigenvalue weighted by Gasteiger charge is -2.36. The van der Waals surface area contributed by atoms with Crippen molar-refractivity contribution < 1.29 is 9.21 Å². The normalized spacial score (nSPS) is 16.1. The number of carbonyl (C=O) groups is 1. The maximum absolute atomic E-state index is 12.6. The van der Waals surface area contributed by atoms with Crippen molar-refractivity contribution in [3.8, 4) is 11.5 Å². The first-order valence-electron chi connectivity index (χ1n) is 11.1. The minimum Gasteiger partial charge on any atom is -0.419 e. The Balaban J connectivity index is 1.30. The number of hydrogen-bond acceptors (Lipinski definition) is 6. The van der Waals surface area contributed by atoms with E-state index in [2.05, 4.69) is 39.2 Å². The highest BCUT2D eigenvalue weighted by Crippen LogP contribution is 2.25. The van der Waals surface area contributed by atoms with E-state index in [1.54, 1.807) is 0 Å². The summed E-state index contributed by atoms with van der Waals surface area (Å²) in [6.07, 6.45) is 0. The van der Waals surface area contributed by atoms with Crippen LogP contribution in [0.5, 0.6) is 0 Å². The summed E-state index contributed by atoms with van der Waals surface area (Å²) in [4.78, 5) is 17.1. The van der Waals surface area contributed by atoms with Crippen LogP contribution in [0.1, 0.15) is 35.5 Å². The summed E-state index contributed by atoms with van der Waals surface area (Å²) in [5.41, 5.74) is 5.22. The minimum absolute atomic E-state index is 0.0311. The first-order valence-corrected chi connectivity index (χ1v) is 11.1. The molecule has 7 nitrogen and oxygen atoms in total. The third-order valence-corrected chi connectivity index (χ3v) is 6.16. The minimum atomic E-state index is 0.0311. The summed E-state index contributed by atoms with van der Waals surface area (Å²) in [5.74, 6) is 1.21. The van der Waals surface area contributed by atoms with Gasteiger partial charge in [0.05, 0.1) is 12.6 Å². The molecule has 2 heterocycles. The van der Waals surface area contributed by atoms with Crippen molar-refractivity contribution in [2.24, 2.45) is 0 Å². The van der Waals surface area contributed by atoms with E-state index in [9.17, 15) is 4.79 Å². The zero-order valence-electron chi connectivity index (χ0n) is 19.3. The Morgan fingerprint density at radius 3 is 2.31 bits per heavy atom. The standard InChI is InChI=1S/C25H31N5O2/c1-17-8-10-21(11-9-17)25-28-27-24(32-25)20(4)30-14-12-29(13-15-30)16-22(31)26-23-18(2)6-5-7-19(23)3/h5-11,20H,12-16H2,1-4H3,(H,26,31)/t20-/m1/s1. The molecule has 0 unspecified atom stereocenters. The predicted molar refractivity (Wildman–Crippen MR) is 125 cm³/mol. The highest BCUT2D eigenvalue weighted by Gasteiger charge is 2.26. The molecule has 2 aromatic carbocycles. The number of rotatable bonds is 6. The summed E-state index contributed by atoms with van der Waals surface area (Å²) in [5, 5.41) is 11.6. The largest absolute Gasteiger partial charge is 0.419 e. The number of nitrogens with zero attached hydrogens (tertiary/aromatic N) is 4. The zero-order valence-corrected chi connectivity index (χ0v) is 19.3. The van der Waals surface area contributed by atoms with E-state index >= 15 is 0 Å². The molecule has 1 aromatic heterocycles. The van der Waals surface area contributed by atoms with Gasteiger partial charge in [0.25, 0.3) is 0 Å². The molecule has 168 valence electrons. The Morgan fingerprint density at radius 2 is 1.66 bits per heavy atom. The highest BCUT2D eigenvalue weighted by atomic mass is 16.4. The molecule has 1 N–H and O–H groups in total. The Labute approximate surface area is 189 Å². The molecule has 1 aliphatic rings. The number of nitrogens with one attached hydrogen (secondary N) is 1. The topological polar surface area (TPSA) is 74.5 Å². The van der Waals surface area contributed by atoms with Crippen LogP contribution in [0.2, 0.25) is 0 Å². The van der Waals surface area contributed by atoms with Crippen LogP contribution in [0.15, 0.2) is 46.9 Å². The van der Waals surface area contributed by atoms with Gasteiger partial charge in [0.1, 0.15) is 0 Å². The van der Waals surface area contributed by atoms with Crippen molar-refractivity contribution >= 4 is 11.6 Å². The number of benzene rings is 2. The van der Waals surface area contributed by atoms with E-state index in [1.807, 2.05) is 56.3 Å². The molecular formula is C25H31N5O2. The van der Waals surface area contributed by atoms with Crippen LogP contribution in [-0.2, 0) is 4.79 Å². The lowest BCUT2D eigenvalue weighted by Crippen LogP contribution is -2.49. The molecule has 0 radical (unpaired) electrons. The Kier molecular flexibility index (Phi) is 6.67. The summed E-state index contributed by atoms with van der Waals surface area (Å²) in [6.45, 7) is 11.9. The smallest absolute Gasteiger partial charge is 0.247 e. The molecule has 1 atom stereocenters. The lowest BCUT2D eigenvalue weighted by molar-refractivity contribution is -0.117. The van der Waals surface area contributed by atoms with Crippen LogP contribution >= 0.6 is 0 Å². The average molecular weight is 434 g/mol. The molecule has 0 spiro atoms. The van der Waals surface area contributed by atoms with Gasteiger partial charge in [0.2, 0.25) is 17.7 Å². The first kappa shape index (κ1) is 22.2. The van der Waals surface area contributed by atoms with E-state index in [-0.39, 0.29) is 11.9 Å². The Bertz CT molecular complexity index is 1050. The van der Waals surface area contributed by atoms with Gasteiger partial charge in [-0.05, 0) is 51.0 Å². The van der Waals surface area contributed by atoms with E-state index in [0.29, 0.717) is 18.3 Å². The summed E-state index contributed by atoms with van der Waals surface area (Å²) < 4.78 is 5.96. The fourth-order valence-electron chi connectivity index (χ4n) is 4.07. The van der Waals surface area contributed by atoms with Gasteiger partial charge in [0, 0.05) is 37.4 Å². The van der Waals surface area contributed by atoms with Crippen molar-refractivity contribution in [1.29, 1.82) is 0 Å². The van der Waals surface area contributed by atoms with Gasteiger partial charge >= 0.3 is 0 Å². The lowest BCUT2D eigenvalue weighted by atomic mass is 10.1. The maximum atomic E-state index is 12.6. The molecule has 3 aromatic rings. The molecule has 1 saturated heterocycles. The second-order valence-corrected chi connectivity index (χ2v) is 8.61. The highest BCUT2D eigenvalue weighted by molar-refractivity contribution is 5.93. The number of piperazine rings is 1. The van der Waals surface area contributed by atoms with Gasteiger partial charge in [-0.25, -0.2) is 0 Å². The van der Waals surface area contributed by atoms with Crippen LogP contribution in [0.4, 0.5) is 5.69 Å². The van der Waals surface area contributed by atoms with E-state index in [0.717, 1.165) is 48.6 Å². The van der Waals surface area contributed by atoms with Gasteiger partial charge in [-0.15, -0.1) is 10.2 Å². The van der Waals surface area contributed by atoms with Crippen LogP contribution in [0.25, 0.3) is 11.5 Å². The molecule has 32 heavy (non-hydrogen) atoms. The van der Waals surface area contributed by atoms with Crippen molar-refractivity contribution in [3.63, 3.8) is 0 Å². The number of aromatic nitrogens is 2. The molecule has 0 saturated carbocycles. The molecule has 1 aliphatic heterocycles. The van der Waals surface area contributed by atoms with Gasteiger partial charge in [-0.2, -0.15) is 0 Å². The molecule has 0 aliphatic carbocycles. The second kappa shape index (κ2) is 9.63. The van der Waals surface area contributed by atoms with Crippen LogP contribution < -0.4 is 5.32 Å². The van der Waals surface area contributed by atoms with Crippen molar-refractivity contribution in [1.82, 2.24) is 20.0 Å². The number of amides is 1. The van der Waals surface area contributed by atoms with Crippen molar-refractivity contribution in [2.45, 2.75) is 33.7 Å². The number of para-hydroxylation sites is 1. The zero-order chi connectivity index (χ0) is 22.7. The van der Waals surface area contributed by atoms with Gasteiger partial charge < -0.3 is 9.73 Å². The summed E-state index contributed by atoms with van der Waals surface area (Å²) in [6, 6.07) is 14.2. The number of hydrogen-bond donors (Lipinski definition) is 1. The molecule has 1 fully saturated rings. The van der Waals surface area contributed by atoms with E-state index in [4.69, 9.17) is 4.42 Å².